The Balaban J connectivity index is 1.50. The van der Waals surface area contributed by atoms with Crippen molar-refractivity contribution in [2.24, 2.45) is 7.05 Å². The van der Waals surface area contributed by atoms with Crippen molar-refractivity contribution >= 4 is 11.0 Å². The first kappa shape index (κ1) is 17.0. The van der Waals surface area contributed by atoms with E-state index in [1.165, 1.54) is 16.6 Å². The minimum absolute atomic E-state index is 0.000431. The van der Waals surface area contributed by atoms with Gasteiger partial charge in [0, 0.05) is 25.7 Å². The molecule has 0 aliphatic carbocycles. The first-order valence-electron chi connectivity index (χ1n) is 9.70. The number of aryl methyl sites for hydroxylation is 1. The molecule has 0 bridgehead atoms. The summed E-state index contributed by atoms with van der Waals surface area (Å²) in [5.41, 5.74) is 4.64. The second-order valence-corrected chi connectivity index (χ2v) is 7.37. The third-order valence-corrected chi connectivity index (χ3v) is 5.48. The Morgan fingerprint density at radius 3 is 2.54 bits per heavy atom. The van der Waals surface area contributed by atoms with Gasteiger partial charge < -0.3 is 9.30 Å². The molecule has 0 N–H and O–H groups in total. The highest BCUT2D eigenvalue weighted by atomic mass is 16.5. The van der Waals surface area contributed by atoms with Crippen LogP contribution in [0.1, 0.15) is 23.1 Å². The van der Waals surface area contributed by atoms with Gasteiger partial charge in [0.25, 0.3) is 0 Å². The average molecular weight is 369 g/mol. The van der Waals surface area contributed by atoms with Gasteiger partial charge in [0.1, 0.15) is 17.7 Å². The summed E-state index contributed by atoms with van der Waals surface area (Å²) in [5, 5.41) is 0. The molecule has 1 atom stereocenters. The fraction of sp³-hybridized carbons (Fsp3) is 0.208. The summed E-state index contributed by atoms with van der Waals surface area (Å²) in [6, 6.07) is 27.1. The Hall–Kier alpha value is -3.11. The van der Waals surface area contributed by atoms with E-state index in [1.807, 2.05) is 18.2 Å². The molecule has 3 aromatic carbocycles. The zero-order chi connectivity index (χ0) is 18.9. The Bertz CT molecular complexity index is 1100. The number of imidazole rings is 1. The summed E-state index contributed by atoms with van der Waals surface area (Å²) in [5.74, 6) is 2.05. The molecule has 28 heavy (non-hydrogen) atoms. The second kappa shape index (κ2) is 7.13. The predicted octanol–water partition coefficient (Wildman–Crippen LogP) is 4.71. The van der Waals surface area contributed by atoms with Gasteiger partial charge in [-0.1, -0.05) is 60.7 Å². The van der Waals surface area contributed by atoms with Gasteiger partial charge >= 0.3 is 0 Å². The van der Waals surface area contributed by atoms with E-state index in [0.717, 1.165) is 36.7 Å². The highest BCUT2D eigenvalue weighted by Gasteiger charge is 2.25. The summed E-state index contributed by atoms with van der Waals surface area (Å²) in [6.45, 7) is 2.46. The van der Waals surface area contributed by atoms with E-state index in [2.05, 4.69) is 77.2 Å². The van der Waals surface area contributed by atoms with Crippen LogP contribution in [0.4, 0.5) is 0 Å². The molecule has 2 heterocycles. The molecule has 1 aromatic heterocycles. The monoisotopic (exact) mass is 369 g/mol. The number of rotatable bonds is 3. The molecule has 0 saturated carbocycles. The van der Waals surface area contributed by atoms with Gasteiger partial charge in [-0.25, -0.2) is 4.98 Å². The predicted molar refractivity (Wildman–Crippen MR) is 111 cm³/mol. The maximum atomic E-state index is 6.43. The maximum absolute atomic E-state index is 6.43. The van der Waals surface area contributed by atoms with Crippen LogP contribution in [0.2, 0.25) is 0 Å². The van der Waals surface area contributed by atoms with Crippen LogP contribution in [-0.2, 0) is 20.1 Å². The molecule has 0 fully saturated rings. The number of para-hydroxylation sites is 3. The molecule has 4 heteroatoms. The van der Waals surface area contributed by atoms with E-state index in [0.29, 0.717) is 0 Å². The fourth-order valence-corrected chi connectivity index (χ4v) is 3.98. The zero-order valence-electron chi connectivity index (χ0n) is 16.0. The number of hydrogen-bond acceptors (Lipinski definition) is 3. The molecular weight excluding hydrogens is 346 g/mol. The summed E-state index contributed by atoms with van der Waals surface area (Å²) >= 11 is 0. The molecule has 0 radical (unpaired) electrons. The lowest BCUT2D eigenvalue weighted by atomic mass is 10.1. The quantitative estimate of drug-likeness (QED) is 0.524. The molecular formula is C24H23N3O. The molecule has 5 rings (SSSR count). The molecule has 4 nitrogen and oxygen atoms in total. The molecule has 0 saturated heterocycles. The van der Waals surface area contributed by atoms with E-state index in [-0.39, 0.29) is 6.10 Å². The first-order valence-corrected chi connectivity index (χ1v) is 9.70. The average Bonchev–Trinajstić information content (AvgIpc) is 2.93. The van der Waals surface area contributed by atoms with Crippen LogP contribution in [0.25, 0.3) is 11.0 Å². The smallest absolute Gasteiger partial charge is 0.136 e. The number of benzene rings is 3. The fourth-order valence-electron chi connectivity index (χ4n) is 3.98. The minimum Gasteiger partial charge on any atom is -0.484 e. The van der Waals surface area contributed by atoms with Crippen molar-refractivity contribution in [3.8, 4) is 5.75 Å². The first-order chi connectivity index (χ1) is 13.8. The van der Waals surface area contributed by atoms with E-state index < -0.39 is 0 Å². The third-order valence-electron chi connectivity index (χ3n) is 5.48. The van der Waals surface area contributed by atoms with Crippen molar-refractivity contribution < 1.29 is 4.74 Å². The van der Waals surface area contributed by atoms with Gasteiger partial charge in [-0.2, -0.15) is 0 Å². The van der Waals surface area contributed by atoms with Crippen LogP contribution in [-0.4, -0.2) is 21.0 Å². The maximum Gasteiger partial charge on any atom is 0.136 e. The molecule has 1 unspecified atom stereocenters. The summed E-state index contributed by atoms with van der Waals surface area (Å²) in [4.78, 5) is 7.31. The van der Waals surface area contributed by atoms with Gasteiger partial charge in [0.05, 0.1) is 17.6 Å². The Kier molecular flexibility index (Phi) is 4.34. The van der Waals surface area contributed by atoms with E-state index >= 15 is 0 Å². The Morgan fingerprint density at radius 1 is 0.929 bits per heavy atom. The SMILES string of the molecule is Cn1c(CN2Cc3ccccc3OC(c3ccccc3)C2)nc2ccccc21. The summed E-state index contributed by atoms with van der Waals surface area (Å²) in [7, 11) is 2.10. The van der Waals surface area contributed by atoms with Crippen LogP contribution in [0, 0.1) is 0 Å². The summed E-state index contributed by atoms with van der Waals surface area (Å²) < 4.78 is 8.63. The third kappa shape index (κ3) is 3.16. The number of hydrogen-bond donors (Lipinski definition) is 0. The van der Waals surface area contributed by atoms with E-state index in [1.54, 1.807) is 0 Å². The zero-order valence-corrected chi connectivity index (χ0v) is 16.0. The highest BCUT2D eigenvalue weighted by Crippen LogP contribution is 2.31. The highest BCUT2D eigenvalue weighted by molar-refractivity contribution is 5.75. The van der Waals surface area contributed by atoms with Crippen molar-refractivity contribution in [1.82, 2.24) is 14.5 Å². The molecule has 0 spiro atoms. The molecule has 0 amide bonds. The number of aromatic nitrogens is 2. The lowest BCUT2D eigenvalue weighted by molar-refractivity contribution is 0.141. The Morgan fingerprint density at radius 2 is 1.68 bits per heavy atom. The Labute approximate surface area is 165 Å². The van der Waals surface area contributed by atoms with Gasteiger partial charge in [0.2, 0.25) is 0 Å². The lowest BCUT2D eigenvalue weighted by Crippen LogP contribution is -2.28. The van der Waals surface area contributed by atoms with Crippen LogP contribution in [0.5, 0.6) is 5.75 Å². The van der Waals surface area contributed by atoms with Gasteiger partial charge in [-0.05, 0) is 23.8 Å². The van der Waals surface area contributed by atoms with Gasteiger partial charge in [-0.15, -0.1) is 0 Å². The van der Waals surface area contributed by atoms with E-state index in [9.17, 15) is 0 Å². The minimum atomic E-state index is -0.000431. The van der Waals surface area contributed by atoms with E-state index in [4.69, 9.17) is 9.72 Å². The van der Waals surface area contributed by atoms with Crippen LogP contribution >= 0.6 is 0 Å². The molecule has 1 aliphatic rings. The van der Waals surface area contributed by atoms with Crippen LogP contribution in [0.15, 0.2) is 78.9 Å². The largest absolute Gasteiger partial charge is 0.484 e. The number of ether oxygens (including phenoxy) is 1. The van der Waals surface area contributed by atoms with Gasteiger partial charge in [-0.3, -0.25) is 4.90 Å². The van der Waals surface area contributed by atoms with Crippen LogP contribution in [0.3, 0.4) is 0 Å². The molecule has 1 aliphatic heterocycles. The number of nitrogens with zero attached hydrogens (tertiary/aromatic N) is 3. The second-order valence-electron chi connectivity index (χ2n) is 7.37. The van der Waals surface area contributed by atoms with Crippen molar-refractivity contribution in [1.29, 1.82) is 0 Å². The van der Waals surface area contributed by atoms with Crippen molar-refractivity contribution in [2.75, 3.05) is 6.54 Å². The normalized spacial score (nSPS) is 17.1. The van der Waals surface area contributed by atoms with Crippen molar-refractivity contribution in [3.05, 3.63) is 95.8 Å². The van der Waals surface area contributed by atoms with Gasteiger partial charge in [0.15, 0.2) is 0 Å². The standard InChI is InChI=1S/C24H23N3O/c1-26-21-13-7-6-12-20(21)25-24(26)17-27-15-19-11-5-8-14-22(19)28-23(16-27)18-9-3-2-4-10-18/h2-14,23H,15-17H2,1H3. The topological polar surface area (TPSA) is 30.3 Å². The molecule has 140 valence electrons. The van der Waals surface area contributed by atoms with Crippen molar-refractivity contribution in [3.63, 3.8) is 0 Å². The summed E-state index contributed by atoms with van der Waals surface area (Å²) in [6.07, 6.45) is -0.000431. The number of fused-ring (bicyclic) bond motifs is 2. The van der Waals surface area contributed by atoms with Crippen LogP contribution < -0.4 is 4.74 Å². The molecule has 4 aromatic rings. The van der Waals surface area contributed by atoms with Crippen molar-refractivity contribution in [2.45, 2.75) is 19.2 Å². The lowest BCUT2D eigenvalue weighted by Gasteiger charge is -2.24.